The van der Waals surface area contributed by atoms with Crippen LogP contribution in [0, 0.1) is 0 Å². The molecule has 1 aromatic carbocycles. The summed E-state index contributed by atoms with van der Waals surface area (Å²) >= 11 is 0. The van der Waals surface area contributed by atoms with Gasteiger partial charge in [-0.1, -0.05) is 42.0 Å². The van der Waals surface area contributed by atoms with Crippen molar-refractivity contribution in [2.75, 3.05) is 7.11 Å². The second-order valence-electron chi connectivity index (χ2n) is 4.70. The minimum absolute atomic E-state index is 0.147. The molecule has 0 aromatic heterocycles. The number of ether oxygens (including phenoxy) is 1. The first-order valence-corrected chi connectivity index (χ1v) is 6.17. The van der Waals surface area contributed by atoms with Gasteiger partial charge in [-0.3, -0.25) is 4.79 Å². The molecule has 18 heavy (non-hydrogen) atoms. The molecule has 1 aliphatic rings. The maximum Gasteiger partial charge on any atom is 0.307 e. The molecular formula is C15H18O3. The summed E-state index contributed by atoms with van der Waals surface area (Å²) in [7, 11) is 1.73. The summed E-state index contributed by atoms with van der Waals surface area (Å²) in [6, 6.07) is 10.1. The van der Waals surface area contributed by atoms with Crippen molar-refractivity contribution in [1.29, 1.82) is 0 Å². The first kappa shape index (κ1) is 12.8. The molecule has 0 heterocycles. The van der Waals surface area contributed by atoms with Crippen LogP contribution >= 0.6 is 0 Å². The van der Waals surface area contributed by atoms with Gasteiger partial charge < -0.3 is 9.84 Å². The van der Waals surface area contributed by atoms with E-state index in [0.29, 0.717) is 0 Å². The van der Waals surface area contributed by atoms with Crippen LogP contribution in [0.4, 0.5) is 0 Å². The fourth-order valence-corrected chi connectivity index (χ4v) is 2.54. The highest BCUT2D eigenvalue weighted by Gasteiger charge is 2.33. The van der Waals surface area contributed by atoms with Gasteiger partial charge in [-0.2, -0.15) is 0 Å². The van der Waals surface area contributed by atoms with Crippen LogP contribution in [0.15, 0.2) is 42.0 Å². The van der Waals surface area contributed by atoms with E-state index in [0.717, 1.165) is 30.4 Å². The Morgan fingerprint density at radius 1 is 1.39 bits per heavy atom. The van der Waals surface area contributed by atoms with E-state index < -0.39 is 5.97 Å². The third kappa shape index (κ3) is 2.62. The average Bonchev–Trinajstić information content (AvgIpc) is 2.40. The van der Waals surface area contributed by atoms with Crippen molar-refractivity contribution in [3.8, 4) is 0 Å². The lowest BCUT2D eigenvalue weighted by molar-refractivity contribution is -0.136. The average molecular weight is 246 g/mol. The van der Waals surface area contributed by atoms with Crippen molar-refractivity contribution in [3.05, 3.63) is 47.5 Å². The number of carboxylic acid groups (broad SMARTS) is 1. The van der Waals surface area contributed by atoms with E-state index in [4.69, 9.17) is 9.84 Å². The number of aliphatic carboxylic acids is 1. The largest absolute Gasteiger partial charge is 0.481 e. The van der Waals surface area contributed by atoms with Crippen LogP contribution in [-0.2, 0) is 15.1 Å². The summed E-state index contributed by atoms with van der Waals surface area (Å²) < 4.78 is 5.73. The van der Waals surface area contributed by atoms with Gasteiger partial charge in [0.25, 0.3) is 0 Å². The van der Waals surface area contributed by atoms with Gasteiger partial charge in [-0.25, -0.2) is 0 Å². The van der Waals surface area contributed by atoms with Crippen molar-refractivity contribution < 1.29 is 14.6 Å². The lowest BCUT2D eigenvalue weighted by Crippen LogP contribution is -2.30. The molecule has 3 heteroatoms. The SMILES string of the molecule is COC1(c2ccccc2)CC=C(CC(=O)O)CC1. The van der Waals surface area contributed by atoms with Gasteiger partial charge in [0.1, 0.15) is 0 Å². The molecule has 1 unspecified atom stereocenters. The second-order valence-corrected chi connectivity index (χ2v) is 4.70. The maximum atomic E-state index is 10.7. The Bertz CT molecular complexity index is 450. The minimum atomic E-state index is -0.758. The highest BCUT2D eigenvalue weighted by atomic mass is 16.5. The Labute approximate surface area is 107 Å². The first-order chi connectivity index (χ1) is 8.66. The maximum absolute atomic E-state index is 10.7. The topological polar surface area (TPSA) is 46.5 Å². The van der Waals surface area contributed by atoms with E-state index in [1.807, 2.05) is 24.3 Å². The van der Waals surface area contributed by atoms with Gasteiger partial charge in [0.05, 0.1) is 12.0 Å². The number of hydrogen-bond donors (Lipinski definition) is 1. The van der Waals surface area contributed by atoms with Crippen LogP contribution in [0.5, 0.6) is 0 Å². The Morgan fingerprint density at radius 3 is 2.61 bits per heavy atom. The Morgan fingerprint density at radius 2 is 2.11 bits per heavy atom. The number of rotatable bonds is 4. The van der Waals surface area contributed by atoms with Crippen molar-refractivity contribution in [2.24, 2.45) is 0 Å². The highest BCUT2D eigenvalue weighted by molar-refractivity contribution is 5.70. The molecule has 0 saturated heterocycles. The van der Waals surface area contributed by atoms with E-state index in [1.54, 1.807) is 7.11 Å². The number of hydrogen-bond acceptors (Lipinski definition) is 2. The molecule has 1 N–H and O–H groups in total. The first-order valence-electron chi connectivity index (χ1n) is 6.17. The van der Waals surface area contributed by atoms with Crippen LogP contribution in [0.25, 0.3) is 0 Å². The lowest BCUT2D eigenvalue weighted by atomic mass is 9.79. The predicted molar refractivity (Wildman–Crippen MR) is 69.3 cm³/mol. The van der Waals surface area contributed by atoms with E-state index >= 15 is 0 Å². The van der Waals surface area contributed by atoms with E-state index in [9.17, 15) is 4.79 Å². The quantitative estimate of drug-likeness (QED) is 0.830. The summed E-state index contributed by atoms with van der Waals surface area (Å²) in [5, 5.41) is 8.80. The molecule has 1 aliphatic carbocycles. The molecule has 3 nitrogen and oxygen atoms in total. The van der Waals surface area contributed by atoms with Crippen molar-refractivity contribution >= 4 is 5.97 Å². The predicted octanol–water partition coefficient (Wildman–Crippen LogP) is 3.11. The number of methoxy groups -OCH3 is 1. The second kappa shape index (κ2) is 5.36. The van der Waals surface area contributed by atoms with Gasteiger partial charge in [-0.15, -0.1) is 0 Å². The van der Waals surface area contributed by atoms with Crippen LogP contribution < -0.4 is 0 Å². The van der Waals surface area contributed by atoms with Crippen molar-refractivity contribution in [3.63, 3.8) is 0 Å². The number of benzene rings is 1. The van der Waals surface area contributed by atoms with E-state index in [2.05, 4.69) is 12.1 Å². The smallest absolute Gasteiger partial charge is 0.307 e. The summed E-state index contributed by atoms with van der Waals surface area (Å²) in [5.41, 5.74) is 1.88. The number of carboxylic acids is 1. The van der Waals surface area contributed by atoms with Crippen LogP contribution in [0.1, 0.15) is 31.2 Å². The Hall–Kier alpha value is -1.61. The molecule has 0 aliphatic heterocycles. The van der Waals surface area contributed by atoms with Crippen LogP contribution in [0.2, 0.25) is 0 Å². The normalized spacial score (nSPS) is 23.5. The summed E-state index contributed by atoms with van der Waals surface area (Å²) in [6.45, 7) is 0. The van der Waals surface area contributed by atoms with Gasteiger partial charge in [0, 0.05) is 7.11 Å². The molecule has 0 saturated carbocycles. The molecule has 96 valence electrons. The fourth-order valence-electron chi connectivity index (χ4n) is 2.54. The number of carbonyl (C=O) groups is 1. The zero-order valence-electron chi connectivity index (χ0n) is 10.6. The third-order valence-corrected chi connectivity index (χ3v) is 3.64. The third-order valence-electron chi connectivity index (χ3n) is 3.64. The van der Waals surface area contributed by atoms with Gasteiger partial charge in [0.2, 0.25) is 0 Å². The molecule has 0 radical (unpaired) electrons. The lowest BCUT2D eigenvalue weighted by Gasteiger charge is -2.35. The molecule has 1 aromatic rings. The molecule has 0 bridgehead atoms. The van der Waals surface area contributed by atoms with Gasteiger partial charge in [0.15, 0.2) is 0 Å². The van der Waals surface area contributed by atoms with Crippen LogP contribution in [0.3, 0.4) is 0 Å². The molecule has 2 rings (SSSR count). The zero-order valence-corrected chi connectivity index (χ0v) is 10.6. The van der Waals surface area contributed by atoms with Crippen LogP contribution in [-0.4, -0.2) is 18.2 Å². The Kier molecular flexibility index (Phi) is 3.82. The minimum Gasteiger partial charge on any atom is -0.481 e. The van der Waals surface area contributed by atoms with Gasteiger partial charge in [-0.05, 0) is 24.8 Å². The highest BCUT2D eigenvalue weighted by Crippen LogP contribution is 2.39. The monoisotopic (exact) mass is 246 g/mol. The molecule has 0 amide bonds. The summed E-state index contributed by atoms with van der Waals surface area (Å²) in [6.07, 6.45) is 4.54. The zero-order chi connectivity index (χ0) is 13.0. The van der Waals surface area contributed by atoms with Crippen molar-refractivity contribution in [1.82, 2.24) is 0 Å². The molecule has 0 fully saturated rings. The summed E-state index contributed by atoms with van der Waals surface area (Å²) in [5.74, 6) is -0.758. The van der Waals surface area contributed by atoms with E-state index in [-0.39, 0.29) is 12.0 Å². The molecule has 0 spiro atoms. The van der Waals surface area contributed by atoms with Gasteiger partial charge >= 0.3 is 5.97 Å². The molecular weight excluding hydrogens is 228 g/mol. The van der Waals surface area contributed by atoms with E-state index in [1.165, 1.54) is 0 Å². The molecule has 1 atom stereocenters. The standard InChI is InChI=1S/C15H18O3/c1-18-15(13-5-3-2-4-6-13)9-7-12(8-10-15)11-14(16)17/h2-7H,8-11H2,1H3,(H,16,17). The van der Waals surface area contributed by atoms with Crippen molar-refractivity contribution in [2.45, 2.75) is 31.3 Å². The fraction of sp³-hybridized carbons (Fsp3) is 0.400. The Balaban J connectivity index is 2.18. The summed E-state index contributed by atoms with van der Waals surface area (Å²) in [4.78, 5) is 10.7.